The Balaban J connectivity index is 1.66. The molecule has 114 valence electrons. The average molecular weight is 301 g/mol. The molecule has 1 N–H and O–H groups in total. The van der Waals surface area contributed by atoms with E-state index in [9.17, 15) is 4.39 Å². The lowest BCUT2D eigenvalue weighted by molar-refractivity contribution is 0.303. The van der Waals surface area contributed by atoms with Crippen LogP contribution in [0.1, 0.15) is 12.6 Å². The summed E-state index contributed by atoms with van der Waals surface area (Å²) in [6.07, 6.45) is 1.46. The van der Waals surface area contributed by atoms with E-state index in [2.05, 4.69) is 20.4 Å². The highest BCUT2D eigenvalue weighted by molar-refractivity contribution is 5.45. The SMILES string of the molecule is Cc1cc(NC(C)COc2ccc(F)cc2)n2ncnc2n1. The Bertz CT molecular complexity index is 771. The second kappa shape index (κ2) is 5.97. The molecule has 0 fully saturated rings. The lowest BCUT2D eigenvalue weighted by atomic mass is 10.3. The van der Waals surface area contributed by atoms with Crippen LogP contribution in [0, 0.1) is 12.7 Å². The Hall–Kier alpha value is -2.70. The van der Waals surface area contributed by atoms with Gasteiger partial charge in [-0.05, 0) is 38.1 Å². The van der Waals surface area contributed by atoms with Crippen LogP contribution in [-0.4, -0.2) is 32.2 Å². The number of aromatic nitrogens is 4. The van der Waals surface area contributed by atoms with Crippen molar-refractivity contribution in [2.75, 3.05) is 11.9 Å². The number of nitrogens with zero attached hydrogens (tertiary/aromatic N) is 4. The summed E-state index contributed by atoms with van der Waals surface area (Å²) in [5.41, 5.74) is 0.856. The first-order valence-corrected chi connectivity index (χ1v) is 6.94. The zero-order chi connectivity index (χ0) is 15.5. The Labute approximate surface area is 127 Å². The van der Waals surface area contributed by atoms with Gasteiger partial charge in [-0.2, -0.15) is 14.6 Å². The van der Waals surface area contributed by atoms with E-state index in [1.54, 1.807) is 16.6 Å². The number of hydrogen-bond acceptors (Lipinski definition) is 5. The molecule has 0 radical (unpaired) electrons. The predicted octanol–water partition coefficient (Wildman–Crippen LogP) is 2.45. The summed E-state index contributed by atoms with van der Waals surface area (Å²) in [6.45, 7) is 4.32. The number of benzene rings is 1. The fraction of sp³-hybridized carbons (Fsp3) is 0.267. The van der Waals surface area contributed by atoms with Gasteiger partial charge in [-0.25, -0.2) is 9.37 Å². The number of rotatable bonds is 5. The summed E-state index contributed by atoms with van der Waals surface area (Å²) in [6, 6.07) is 7.88. The van der Waals surface area contributed by atoms with Crippen LogP contribution in [0.4, 0.5) is 10.2 Å². The van der Waals surface area contributed by atoms with Crippen molar-refractivity contribution in [1.29, 1.82) is 0 Å². The van der Waals surface area contributed by atoms with Crippen LogP contribution in [0.25, 0.3) is 5.78 Å². The topological polar surface area (TPSA) is 64.3 Å². The summed E-state index contributed by atoms with van der Waals surface area (Å²) < 4.78 is 20.1. The minimum absolute atomic E-state index is 0.0271. The molecule has 0 spiro atoms. The molecule has 1 aromatic carbocycles. The Morgan fingerprint density at radius 1 is 1.32 bits per heavy atom. The number of hydrogen-bond donors (Lipinski definition) is 1. The zero-order valence-electron chi connectivity index (χ0n) is 12.3. The first-order chi connectivity index (χ1) is 10.6. The van der Waals surface area contributed by atoms with E-state index in [1.165, 1.54) is 18.5 Å². The van der Waals surface area contributed by atoms with Crippen LogP contribution in [-0.2, 0) is 0 Å². The third-order valence-electron chi connectivity index (χ3n) is 3.09. The van der Waals surface area contributed by atoms with Gasteiger partial charge in [0, 0.05) is 11.8 Å². The van der Waals surface area contributed by atoms with Gasteiger partial charge in [-0.15, -0.1) is 0 Å². The molecular formula is C15H16FN5O. The minimum atomic E-state index is -0.278. The molecule has 7 heteroatoms. The van der Waals surface area contributed by atoms with Crippen LogP contribution in [0.3, 0.4) is 0 Å². The Morgan fingerprint density at radius 2 is 2.09 bits per heavy atom. The van der Waals surface area contributed by atoms with E-state index in [0.29, 0.717) is 18.1 Å². The van der Waals surface area contributed by atoms with Crippen molar-refractivity contribution in [3.05, 3.63) is 48.2 Å². The van der Waals surface area contributed by atoms with E-state index in [0.717, 1.165) is 11.5 Å². The number of halogens is 1. The van der Waals surface area contributed by atoms with E-state index in [-0.39, 0.29) is 11.9 Å². The molecular weight excluding hydrogens is 285 g/mol. The molecule has 0 aliphatic rings. The second-order valence-electron chi connectivity index (χ2n) is 5.06. The van der Waals surface area contributed by atoms with Gasteiger partial charge in [0.15, 0.2) is 0 Å². The second-order valence-corrected chi connectivity index (χ2v) is 5.06. The van der Waals surface area contributed by atoms with Gasteiger partial charge < -0.3 is 10.1 Å². The molecule has 1 unspecified atom stereocenters. The van der Waals surface area contributed by atoms with Gasteiger partial charge in [0.1, 0.15) is 30.3 Å². The Morgan fingerprint density at radius 3 is 2.86 bits per heavy atom. The number of fused-ring (bicyclic) bond motifs is 1. The maximum atomic E-state index is 12.8. The molecule has 3 rings (SSSR count). The molecule has 2 aromatic heterocycles. The van der Waals surface area contributed by atoms with Crippen molar-refractivity contribution >= 4 is 11.6 Å². The Kier molecular flexibility index (Phi) is 3.86. The highest BCUT2D eigenvalue weighted by atomic mass is 19.1. The smallest absolute Gasteiger partial charge is 0.254 e. The normalized spacial score (nSPS) is 12.3. The summed E-state index contributed by atoms with van der Waals surface area (Å²) in [4.78, 5) is 8.37. The lowest BCUT2D eigenvalue weighted by Gasteiger charge is -2.16. The maximum Gasteiger partial charge on any atom is 0.254 e. The van der Waals surface area contributed by atoms with E-state index >= 15 is 0 Å². The van der Waals surface area contributed by atoms with Crippen LogP contribution in [0.15, 0.2) is 36.7 Å². The summed E-state index contributed by atoms with van der Waals surface area (Å²) in [5.74, 6) is 1.70. The molecule has 0 amide bonds. The first-order valence-electron chi connectivity index (χ1n) is 6.94. The van der Waals surface area contributed by atoms with Gasteiger partial charge >= 0.3 is 0 Å². The average Bonchev–Trinajstić information content (AvgIpc) is 2.95. The summed E-state index contributed by atoms with van der Waals surface area (Å²) in [7, 11) is 0. The summed E-state index contributed by atoms with van der Waals surface area (Å²) >= 11 is 0. The molecule has 1 atom stereocenters. The molecule has 6 nitrogen and oxygen atoms in total. The third-order valence-corrected chi connectivity index (χ3v) is 3.09. The highest BCUT2D eigenvalue weighted by Crippen LogP contribution is 2.14. The van der Waals surface area contributed by atoms with Gasteiger partial charge in [-0.1, -0.05) is 0 Å². The number of aryl methyl sites for hydroxylation is 1. The first kappa shape index (κ1) is 14.2. The monoisotopic (exact) mass is 301 g/mol. The van der Waals surface area contributed by atoms with Gasteiger partial charge in [-0.3, -0.25) is 0 Å². The van der Waals surface area contributed by atoms with Crippen LogP contribution >= 0.6 is 0 Å². The van der Waals surface area contributed by atoms with Gasteiger partial charge in [0.05, 0.1) is 6.04 Å². The van der Waals surface area contributed by atoms with Crippen molar-refractivity contribution < 1.29 is 9.13 Å². The molecule has 0 saturated carbocycles. The fourth-order valence-corrected chi connectivity index (χ4v) is 2.08. The van der Waals surface area contributed by atoms with E-state index < -0.39 is 0 Å². The quantitative estimate of drug-likeness (QED) is 0.784. The molecule has 3 aromatic rings. The molecule has 0 aliphatic heterocycles. The molecule has 22 heavy (non-hydrogen) atoms. The van der Waals surface area contributed by atoms with Crippen LogP contribution in [0.5, 0.6) is 5.75 Å². The number of nitrogens with one attached hydrogen (secondary N) is 1. The van der Waals surface area contributed by atoms with Crippen molar-refractivity contribution in [3.63, 3.8) is 0 Å². The molecule has 0 aliphatic carbocycles. The third kappa shape index (κ3) is 3.13. The molecule has 2 heterocycles. The van der Waals surface area contributed by atoms with Gasteiger partial charge in [0.2, 0.25) is 0 Å². The van der Waals surface area contributed by atoms with Crippen LogP contribution < -0.4 is 10.1 Å². The van der Waals surface area contributed by atoms with E-state index in [4.69, 9.17) is 4.74 Å². The van der Waals surface area contributed by atoms with E-state index in [1.807, 2.05) is 19.9 Å². The summed E-state index contributed by atoms with van der Waals surface area (Å²) in [5, 5.41) is 7.45. The minimum Gasteiger partial charge on any atom is -0.491 e. The molecule has 0 saturated heterocycles. The maximum absolute atomic E-state index is 12.8. The number of ether oxygens (including phenoxy) is 1. The standard InChI is InChI=1S/C15H16FN5O/c1-10-7-14(21-15(20-10)17-9-18-21)19-11(2)8-22-13-5-3-12(16)4-6-13/h3-7,9,11,19H,8H2,1-2H3. The van der Waals surface area contributed by atoms with Crippen LogP contribution in [0.2, 0.25) is 0 Å². The number of anilines is 1. The van der Waals surface area contributed by atoms with Crippen molar-refractivity contribution in [3.8, 4) is 5.75 Å². The largest absolute Gasteiger partial charge is 0.491 e. The van der Waals surface area contributed by atoms with Crippen molar-refractivity contribution in [2.24, 2.45) is 0 Å². The highest BCUT2D eigenvalue weighted by Gasteiger charge is 2.09. The van der Waals surface area contributed by atoms with Crippen molar-refractivity contribution in [1.82, 2.24) is 19.6 Å². The lowest BCUT2D eigenvalue weighted by Crippen LogP contribution is -2.25. The fourth-order valence-electron chi connectivity index (χ4n) is 2.08. The molecule has 0 bridgehead atoms. The van der Waals surface area contributed by atoms with Crippen molar-refractivity contribution in [2.45, 2.75) is 19.9 Å². The zero-order valence-corrected chi connectivity index (χ0v) is 12.3. The van der Waals surface area contributed by atoms with Gasteiger partial charge in [0.25, 0.3) is 5.78 Å². The predicted molar refractivity (Wildman–Crippen MR) is 80.5 cm³/mol.